The highest BCUT2D eigenvalue weighted by atomic mass is 16.7. The van der Waals surface area contributed by atoms with Crippen LogP contribution in [0.2, 0.25) is 0 Å². The van der Waals surface area contributed by atoms with Crippen molar-refractivity contribution in [3.05, 3.63) is 70.3 Å². The summed E-state index contributed by atoms with van der Waals surface area (Å²) in [5.74, 6) is 0.505. The van der Waals surface area contributed by atoms with Crippen molar-refractivity contribution in [1.82, 2.24) is 25.3 Å². The van der Waals surface area contributed by atoms with Crippen molar-refractivity contribution < 1.29 is 23.6 Å². The highest BCUT2D eigenvalue weighted by Gasteiger charge is 2.23. The maximum atomic E-state index is 13.1. The third-order valence-electron chi connectivity index (χ3n) is 5.81. The zero-order valence-electron chi connectivity index (χ0n) is 19.6. The van der Waals surface area contributed by atoms with Gasteiger partial charge in [0.1, 0.15) is 11.6 Å². The molecular formula is C25H23N5O6. The molecule has 0 fully saturated rings. The first-order chi connectivity index (χ1) is 17.4. The number of amides is 2. The molecular weight excluding hydrogens is 466 g/mol. The summed E-state index contributed by atoms with van der Waals surface area (Å²) in [6.45, 7) is 4.02. The number of aryl methyl sites for hydroxylation is 1. The molecule has 36 heavy (non-hydrogen) atoms. The van der Waals surface area contributed by atoms with E-state index in [1.165, 1.54) is 13.1 Å². The molecule has 11 heteroatoms. The summed E-state index contributed by atoms with van der Waals surface area (Å²) in [6, 6.07) is 11.6. The summed E-state index contributed by atoms with van der Waals surface area (Å²) in [6.07, 6.45) is 1.48. The average Bonchev–Trinajstić information content (AvgIpc) is 3.56. The highest BCUT2D eigenvalue weighted by molar-refractivity contribution is 6.00. The van der Waals surface area contributed by atoms with Crippen LogP contribution < -0.4 is 25.5 Å². The number of ether oxygens (including phenoxy) is 2. The van der Waals surface area contributed by atoms with Gasteiger partial charge in [-0.05, 0) is 32.0 Å². The number of benzene rings is 2. The van der Waals surface area contributed by atoms with E-state index < -0.39 is 23.3 Å². The van der Waals surface area contributed by atoms with Gasteiger partial charge in [-0.1, -0.05) is 23.4 Å². The molecule has 0 saturated heterocycles. The van der Waals surface area contributed by atoms with Crippen LogP contribution in [0, 0.1) is 0 Å². The van der Waals surface area contributed by atoms with Crippen LogP contribution in [0.5, 0.6) is 11.5 Å². The van der Waals surface area contributed by atoms with E-state index in [4.69, 9.17) is 14.0 Å². The van der Waals surface area contributed by atoms with Gasteiger partial charge in [-0.2, -0.15) is 4.98 Å². The number of hydrogen-bond donors (Lipinski definition) is 2. The monoisotopic (exact) mass is 489 g/mol. The predicted octanol–water partition coefficient (Wildman–Crippen LogP) is 2.23. The number of fused-ring (bicyclic) bond motifs is 2. The normalized spacial score (nSPS) is 12.9. The molecule has 1 atom stereocenters. The van der Waals surface area contributed by atoms with Crippen molar-refractivity contribution in [1.29, 1.82) is 0 Å². The molecule has 0 aliphatic carbocycles. The Balaban J connectivity index is 1.27. The molecule has 2 amide bonds. The van der Waals surface area contributed by atoms with Gasteiger partial charge in [0, 0.05) is 24.4 Å². The number of nitrogens with one attached hydrogen (secondary N) is 2. The van der Waals surface area contributed by atoms with Crippen LogP contribution in [0.4, 0.5) is 0 Å². The smallest absolute Gasteiger partial charge is 0.257 e. The Morgan fingerprint density at radius 1 is 1.14 bits per heavy atom. The maximum Gasteiger partial charge on any atom is 0.257 e. The fourth-order valence-electron chi connectivity index (χ4n) is 3.89. The van der Waals surface area contributed by atoms with Crippen LogP contribution >= 0.6 is 0 Å². The number of aromatic nitrogens is 3. The summed E-state index contributed by atoms with van der Waals surface area (Å²) in [4.78, 5) is 42.9. The minimum atomic E-state index is -0.917. The summed E-state index contributed by atoms with van der Waals surface area (Å²) in [5, 5.41) is 9.45. The van der Waals surface area contributed by atoms with E-state index in [0.717, 1.165) is 5.56 Å². The third-order valence-corrected chi connectivity index (χ3v) is 5.81. The van der Waals surface area contributed by atoms with Crippen molar-refractivity contribution in [2.24, 2.45) is 0 Å². The lowest BCUT2D eigenvalue weighted by Crippen LogP contribution is -2.45. The van der Waals surface area contributed by atoms with E-state index in [9.17, 15) is 14.4 Å². The van der Waals surface area contributed by atoms with Gasteiger partial charge < -0.3 is 29.2 Å². The fraction of sp³-hybridized carbons (Fsp3) is 0.240. The molecule has 0 bridgehead atoms. The zero-order valence-corrected chi connectivity index (χ0v) is 19.6. The molecule has 2 aromatic carbocycles. The Labute approximate surface area is 205 Å². The molecule has 1 aliphatic rings. The van der Waals surface area contributed by atoms with E-state index in [-0.39, 0.29) is 18.9 Å². The first-order valence-electron chi connectivity index (χ1n) is 11.4. The van der Waals surface area contributed by atoms with E-state index in [0.29, 0.717) is 40.7 Å². The van der Waals surface area contributed by atoms with E-state index in [1.807, 2.05) is 37.3 Å². The topological polar surface area (TPSA) is 138 Å². The van der Waals surface area contributed by atoms with Crippen LogP contribution in [-0.2, 0) is 17.9 Å². The first-order valence-corrected chi connectivity index (χ1v) is 11.4. The fourth-order valence-corrected chi connectivity index (χ4v) is 3.89. The van der Waals surface area contributed by atoms with Gasteiger partial charge in [0.25, 0.3) is 11.8 Å². The molecule has 4 aromatic rings. The molecule has 184 valence electrons. The van der Waals surface area contributed by atoms with Gasteiger partial charge in [0.05, 0.1) is 17.4 Å². The molecule has 5 rings (SSSR count). The molecule has 1 aliphatic heterocycles. The summed E-state index contributed by atoms with van der Waals surface area (Å²) < 4.78 is 17.8. The lowest BCUT2D eigenvalue weighted by molar-refractivity contribution is -0.122. The van der Waals surface area contributed by atoms with Gasteiger partial charge >= 0.3 is 0 Å². The van der Waals surface area contributed by atoms with Gasteiger partial charge in [-0.25, -0.2) is 0 Å². The maximum absolute atomic E-state index is 13.1. The minimum Gasteiger partial charge on any atom is -0.454 e. The quantitative estimate of drug-likeness (QED) is 0.403. The van der Waals surface area contributed by atoms with Crippen LogP contribution in [0.1, 0.15) is 30.0 Å². The number of carbonyl (C=O) groups excluding carboxylic acids is 2. The molecule has 2 aromatic heterocycles. The average molecular weight is 489 g/mol. The third kappa shape index (κ3) is 4.38. The number of hydrogen-bond acceptors (Lipinski definition) is 8. The Morgan fingerprint density at radius 3 is 2.64 bits per heavy atom. The van der Waals surface area contributed by atoms with Crippen LogP contribution in [-0.4, -0.2) is 39.4 Å². The Bertz CT molecular complexity index is 1510. The van der Waals surface area contributed by atoms with Crippen molar-refractivity contribution in [2.45, 2.75) is 33.0 Å². The van der Waals surface area contributed by atoms with Crippen LogP contribution in [0.15, 0.2) is 58.0 Å². The van der Waals surface area contributed by atoms with Crippen LogP contribution in [0.3, 0.4) is 0 Å². The van der Waals surface area contributed by atoms with Gasteiger partial charge in [0.2, 0.25) is 18.1 Å². The Hall–Kier alpha value is -4.67. The van der Waals surface area contributed by atoms with Gasteiger partial charge in [0.15, 0.2) is 17.3 Å². The van der Waals surface area contributed by atoms with Gasteiger partial charge in [-0.15, -0.1) is 0 Å². The summed E-state index contributed by atoms with van der Waals surface area (Å²) >= 11 is 0. The van der Waals surface area contributed by atoms with Crippen molar-refractivity contribution in [2.75, 3.05) is 6.79 Å². The van der Waals surface area contributed by atoms with Gasteiger partial charge in [-0.3, -0.25) is 14.4 Å². The van der Waals surface area contributed by atoms with E-state index in [1.54, 1.807) is 16.7 Å². The number of carbonyl (C=O) groups is 2. The van der Waals surface area contributed by atoms with E-state index in [2.05, 4.69) is 20.8 Å². The number of rotatable bonds is 7. The minimum absolute atomic E-state index is 0.0151. The molecule has 0 saturated carbocycles. The second-order valence-corrected chi connectivity index (χ2v) is 8.18. The Kier molecular flexibility index (Phi) is 6.11. The Morgan fingerprint density at radius 2 is 1.89 bits per heavy atom. The van der Waals surface area contributed by atoms with Crippen molar-refractivity contribution in [3.8, 4) is 23.0 Å². The summed E-state index contributed by atoms with van der Waals surface area (Å²) in [5.41, 5.74) is 0.858. The second kappa shape index (κ2) is 9.53. The zero-order chi connectivity index (χ0) is 25.2. The predicted molar refractivity (Wildman–Crippen MR) is 129 cm³/mol. The van der Waals surface area contributed by atoms with E-state index >= 15 is 0 Å². The second-order valence-electron chi connectivity index (χ2n) is 8.18. The number of pyridine rings is 1. The summed E-state index contributed by atoms with van der Waals surface area (Å²) in [7, 11) is 0. The standard InChI is InChI=1S/C25H23N5O6/c1-3-30-12-17(22(31)16-9-19-20(10-18(16)30)35-13-34-19)24(33)27-14(2)23(32)26-11-21-28-25(36-29-21)15-7-5-4-6-8-15/h4-10,12,14H,3,11,13H2,1-2H3,(H,26,32)(H,27,33). The lowest BCUT2D eigenvalue weighted by atomic mass is 10.1. The number of nitrogens with zero attached hydrogens (tertiary/aromatic N) is 3. The molecule has 2 N–H and O–H groups in total. The SMILES string of the molecule is CCn1cc(C(=O)NC(C)C(=O)NCc2noc(-c3ccccc3)n2)c(=O)c2cc3c(cc21)OCO3. The molecule has 11 nitrogen and oxygen atoms in total. The molecule has 3 heterocycles. The first kappa shape index (κ1) is 23.1. The largest absolute Gasteiger partial charge is 0.454 e. The lowest BCUT2D eigenvalue weighted by Gasteiger charge is -2.15. The molecule has 0 spiro atoms. The molecule has 1 unspecified atom stereocenters. The van der Waals surface area contributed by atoms with Crippen molar-refractivity contribution in [3.63, 3.8) is 0 Å². The van der Waals surface area contributed by atoms with Crippen molar-refractivity contribution >= 4 is 22.7 Å². The highest BCUT2D eigenvalue weighted by Crippen LogP contribution is 2.35. The molecule has 0 radical (unpaired) electrons. The van der Waals surface area contributed by atoms with Crippen LogP contribution in [0.25, 0.3) is 22.4 Å².